The van der Waals surface area contributed by atoms with Crippen LogP contribution in [0.15, 0.2) is 18.2 Å². The van der Waals surface area contributed by atoms with Gasteiger partial charge < -0.3 is 10.6 Å². The summed E-state index contributed by atoms with van der Waals surface area (Å²) in [6.07, 6.45) is 2.97. The van der Waals surface area contributed by atoms with Crippen molar-refractivity contribution >= 4 is 23.4 Å². The normalized spacial score (nSPS) is 12.2. The van der Waals surface area contributed by atoms with Crippen LogP contribution in [0.25, 0.3) is 0 Å². The first-order chi connectivity index (χ1) is 8.47. The van der Waals surface area contributed by atoms with E-state index in [0.29, 0.717) is 5.56 Å². The lowest BCUT2D eigenvalue weighted by molar-refractivity contribution is 0.0741. The average molecular weight is 270 g/mol. The Labute approximate surface area is 112 Å². The lowest BCUT2D eigenvalue weighted by atomic mass is 10.1. The summed E-state index contributed by atoms with van der Waals surface area (Å²) >= 11 is 1.75. The third-order valence-corrected chi connectivity index (χ3v) is 3.61. The van der Waals surface area contributed by atoms with Crippen LogP contribution in [0.1, 0.15) is 23.7 Å². The molecule has 1 aromatic rings. The van der Waals surface area contributed by atoms with Gasteiger partial charge in [0.2, 0.25) is 0 Å². The molecule has 0 fully saturated rings. The number of benzene rings is 1. The highest BCUT2D eigenvalue weighted by molar-refractivity contribution is 7.98. The predicted molar refractivity (Wildman–Crippen MR) is 75.4 cm³/mol. The Kier molecular flexibility index (Phi) is 5.47. The van der Waals surface area contributed by atoms with Gasteiger partial charge in [0, 0.05) is 18.7 Å². The van der Waals surface area contributed by atoms with Crippen molar-refractivity contribution in [3.8, 4) is 0 Å². The van der Waals surface area contributed by atoms with Gasteiger partial charge in [-0.05, 0) is 43.6 Å². The second kappa shape index (κ2) is 6.64. The Balaban J connectivity index is 2.76. The van der Waals surface area contributed by atoms with E-state index in [0.717, 1.165) is 12.2 Å². The molecule has 0 saturated carbocycles. The molecular weight excluding hydrogens is 251 g/mol. The number of halogens is 1. The number of amides is 1. The van der Waals surface area contributed by atoms with E-state index >= 15 is 0 Å². The maximum atomic E-state index is 13.0. The fourth-order valence-electron chi connectivity index (χ4n) is 1.56. The topological polar surface area (TPSA) is 46.3 Å². The minimum absolute atomic E-state index is 0.00557. The number of hydrogen-bond donors (Lipinski definition) is 1. The monoisotopic (exact) mass is 270 g/mol. The molecule has 100 valence electrons. The summed E-state index contributed by atoms with van der Waals surface area (Å²) in [4.78, 5) is 13.8. The summed E-state index contributed by atoms with van der Waals surface area (Å²) in [6, 6.07) is 4.22. The van der Waals surface area contributed by atoms with Gasteiger partial charge in [-0.2, -0.15) is 11.8 Å². The molecular formula is C13H19FN2OS. The molecule has 2 N–H and O–H groups in total. The van der Waals surface area contributed by atoms with Crippen molar-refractivity contribution in [3.63, 3.8) is 0 Å². The zero-order chi connectivity index (χ0) is 13.7. The van der Waals surface area contributed by atoms with Crippen LogP contribution >= 0.6 is 11.8 Å². The Morgan fingerprint density at radius 2 is 2.22 bits per heavy atom. The number of thioether (sulfide) groups is 1. The van der Waals surface area contributed by atoms with Gasteiger partial charge in [0.15, 0.2) is 0 Å². The second-order valence-corrected chi connectivity index (χ2v) is 5.27. The van der Waals surface area contributed by atoms with E-state index in [9.17, 15) is 9.18 Å². The Bertz CT molecular complexity index is 425. The molecule has 0 aliphatic heterocycles. The number of nitrogens with zero attached hydrogens (tertiary/aromatic N) is 1. The van der Waals surface area contributed by atoms with Crippen molar-refractivity contribution in [2.24, 2.45) is 0 Å². The zero-order valence-electron chi connectivity index (χ0n) is 10.9. The molecule has 0 aromatic heterocycles. The Hall–Kier alpha value is -1.23. The molecule has 0 bridgehead atoms. The molecule has 0 aliphatic rings. The van der Waals surface area contributed by atoms with E-state index in [-0.39, 0.29) is 17.6 Å². The van der Waals surface area contributed by atoms with E-state index in [4.69, 9.17) is 5.73 Å². The van der Waals surface area contributed by atoms with Crippen LogP contribution in [0, 0.1) is 5.82 Å². The fourth-order valence-corrected chi connectivity index (χ4v) is 2.14. The van der Waals surface area contributed by atoms with Crippen LogP contribution < -0.4 is 5.73 Å². The van der Waals surface area contributed by atoms with Crippen molar-refractivity contribution in [3.05, 3.63) is 29.6 Å². The lowest BCUT2D eigenvalue weighted by Gasteiger charge is -2.25. The van der Waals surface area contributed by atoms with Gasteiger partial charge in [-0.15, -0.1) is 0 Å². The van der Waals surface area contributed by atoms with Crippen molar-refractivity contribution < 1.29 is 9.18 Å². The van der Waals surface area contributed by atoms with Crippen LogP contribution in [0.5, 0.6) is 0 Å². The highest BCUT2D eigenvalue weighted by atomic mass is 32.2. The average Bonchev–Trinajstić information content (AvgIpc) is 2.37. The van der Waals surface area contributed by atoms with Crippen LogP contribution in [0.3, 0.4) is 0 Å². The van der Waals surface area contributed by atoms with E-state index in [1.54, 1.807) is 23.7 Å². The number of carbonyl (C=O) groups excluding carboxylic acids is 1. The van der Waals surface area contributed by atoms with Gasteiger partial charge in [-0.1, -0.05) is 0 Å². The zero-order valence-corrected chi connectivity index (χ0v) is 11.8. The highest BCUT2D eigenvalue weighted by Crippen LogP contribution is 2.15. The molecule has 0 aliphatic carbocycles. The smallest absolute Gasteiger partial charge is 0.253 e. The summed E-state index contributed by atoms with van der Waals surface area (Å²) < 4.78 is 13.0. The second-order valence-electron chi connectivity index (χ2n) is 4.28. The van der Waals surface area contributed by atoms with Gasteiger partial charge in [-0.25, -0.2) is 4.39 Å². The standard InChI is InChI=1S/C13H19FN2OS/c1-9(6-7-18-3)16(2)13(17)10-4-5-11(14)12(15)8-10/h4-5,8-9H,6-7,15H2,1-3H3. The number of anilines is 1. The number of rotatable bonds is 5. The van der Waals surface area contributed by atoms with Crippen LogP contribution in [-0.4, -0.2) is 35.9 Å². The van der Waals surface area contributed by atoms with E-state index in [1.807, 2.05) is 13.2 Å². The largest absolute Gasteiger partial charge is 0.396 e. The number of nitrogen functional groups attached to an aromatic ring is 1. The summed E-state index contributed by atoms with van der Waals surface area (Å²) in [6.45, 7) is 2.00. The van der Waals surface area contributed by atoms with Crippen LogP contribution in [0.4, 0.5) is 10.1 Å². The SMILES string of the molecule is CSCCC(C)N(C)C(=O)c1ccc(F)c(N)c1. The molecule has 0 heterocycles. The molecule has 1 rings (SSSR count). The number of nitrogens with two attached hydrogens (primary N) is 1. The van der Waals surface area contributed by atoms with Crippen molar-refractivity contribution in [2.45, 2.75) is 19.4 Å². The highest BCUT2D eigenvalue weighted by Gasteiger charge is 2.17. The molecule has 0 saturated heterocycles. The summed E-state index contributed by atoms with van der Waals surface area (Å²) in [7, 11) is 1.76. The number of hydrogen-bond acceptors (Lipinski definition) is 3. The fraction of sp³-hybridized carbons (Fsp3) is 0.462. The lowest BCUT2D eigenvalue weighted by Crippen LogP contribution is -2.35. The van der Waals surface area contributed by atoms with Gasteiger partial charge in [-0.3, -0.25) is 4.79 Å². The molecule has 5 heteroatoms. The van der Waals surface area contributed by atoms with E-state index < -0.39 is 5.82 Å². The van der Waals surface area contributed by atoms with Crippen LogP contribution in [0.2, 0.25) is 0 Å². The molecule has 0 radical (unpaired) electrons. The quantitative estimate of drug-likeness (QED) is 0.837. The summed E-state index contributed by atoms with van der Waals surface area (Å²) in [5.41, 5.74) is 5.89. The predicted octanol–water partition coefficient (Wildman–Crippen LogP) is 2.62. The van der Waals surface area contributed by atoms with Crippen molar-refractivity contribution in [1.82, 2.24) is 4.90 Å². The Morgan fingerprint density at radius 3 is 2.78 bits per heavy atom. The van der Waals surface area contributed by atoms with Gasteiger partial charge in [0.1, 0.15) is 5.82 Å². The minimum Gasteiger partial charge on any atom is -0.396 e. The third kappa shape index (κ3) is 3.63. The first-order valence-electron chi connectivity index (χ1n) is 5.78. The molecule has 1 unspecified atom stereocenters. The van der Waals surface area contributed by atoms with E-state index in [2.05, 4.69) is 0 Å². The molecule has 3 nitrogen and oxygen atoms in total. The van der Waals surface area contributed by atoms with Crippen LogP contribution in [-0.2, 0) is 0 Å². The van der Waals surface area contributed by atoms with Gasteiger partial charge in [0.25, 0.3) is 5.91 Å². The minimum atomic E-state index is -0.496. The maximum absolute atomic E-state index is 13.0. The first-order valence-corrected chi connectivity index (χ1v) is 7.18. The number of carbonyl (C=O) groups is 1. The van der Waals surface area contributed by atoms with Gasteiger partial charge in [0.05, 0.1) is 5.69 Å². The molecule has 0 spiro atoms. The van der Waals surface area contributed by atoms with Crippen molar-refractivity contribution in [2.75, 3.05) is 24.8 Å². The summed E-state index contributed by atoms with van der Waals surface area (Å²) in [5, 5.41) is 0. The maximum Gasteiger partial charge on any atom is 0.253 e. The van der Waals surface area contributed by atoms with Crippen molar-refractivity contribution in [1.29, 1.82) is 0 Å². The van der Waals surface area contributed by atoms with E-state index in [1.165, 1.54) is 18.2 Å². The van der Waals surface area contributed by atoms with Gasteiger partial charge >= 0.3 is 0 Å². The first kappa shape index (κ1) is 14.8. The molecule has 18 heavy (non-hydrogen) atoms. The Morgan fingerprint density at radius 1 is 1.56 bits per heavy atom. The summed E-state index contributed by atoms with van der Waals surface area (Å²) in [5.74, 6) is 0.379. The molecule has 1 aromatic carbocycles. The molecule has 1 amide bonds. The molecule has 1 atom stereocenters. The third-order valence-electron chi connectivity index (χ3n) is 2.96.